The van der Waals surface area contributed by atoms with Gasteiger partial charge in [-0.2, -0.15) is 26.3 Å². The fourth-order valence-electron chi connectivity index (χ4n) is 5.11. The van der Waals surface area contributed by atoms with Gasteiger partial charge >= 0.3 is 12.4 Å². The standard InChI is InChI=1S/C31H29F6N3O4/c32-30(33,34)29(42,31(35,36)37)22-7-9-23(10-8-22)40-27(19-21-5-2-1-3-6-21)38-26-12-11-24(20-25(26)28(40)41)44-16-4-13-39-14-17-43-18-15-39/h1-3,5-12,20,42H,4,13-19H2. The van der Waals surface area contributed by atoms with Crippen molar-refractivity contribution in [1.29, 1.82) is 0 Å². The Morgan fingerprint density at radius 2 is 1.55 bits per heavy atom. The van der Waals surface area contributed by atoms with Gasteiger partial charge in [0.2, 0.25) is 0 Å². The van der Waals surface area contributed by atoms with Crippen LogP contribution in [0.15, 0.2) is 77.6 Å². The van der Waals surface area contributed by atoms with Gasteiger partial charge in [-0.3, -0.25) is 14.3 Å². The number of alkyl halides is 6. The number of hydrogen-bond donors (Lipinski definition) is 1. The van der Waals surface area contributed by atoms with E-state index >= 15 is 0 Å². The Hall–Kier alpha value is -3.94. The number of morpholine rings is 1. The van der Waals surface area contributed by atoms with Crippen LogP contribution in [0.3, 0.4) is 0 Å². The molecule has 0 radical (unpaired) electrons. The van der Waals surface area contributed by atoms with Gasteiger partial charge in [-0.05, 0) is 42.3 Å². The van der Waals surface area contributed by atoms with Crippen molar-refractivity contribution in [3.05, 3.63) is 100 Å². The minimum absolute atomic E-state index is 0.0254. The van der Waals surface area contributed by atoms with Gasteiger partial charge in [0.25, 0.3) is 11.2 Å². The van der Waals surface area contributed by atoms with Crippen molar-refractivity contribution >= 4 is 10.9 Å². The number of aliphatic hydroxyl groups is 1. The summed E-state index contributed by atoms with van der Waals surface area (Å²) in [4.78, 5) is 20.8. The molecule has 13 heteroatoms. The van der Waals surface area contributed by atoms with Gasteiger partial charge in [-0.1, -0.05) is 42.5 Å². The molecule has 0 aliphatic carbocycles. The Morgan fingerprint density at radius 1 is 0.886 bits per heavy atom. The number of benzene rings is 3. The molecule has 1 aliphatic rings. The van der Waals surface area contributed by atoms with Gasteiger partial charge in [0.05, 0.1) is 36.4 Å². The molecule has 0 spiro atoms. The van der Waals surface area contributed by atoms with E-state index in [9.17, 15) is 36.2 Å². The molecular formula is C31H29F6N3O4. The number of hydrogen-bond acceptors (Lipinski definition) is 6. The van der Waals surface area contributed by atoms with E-state index in [2.05, 4.69) is 9.88 Å². The molecular weight excluding hydrogens is 592 g/mol. The zero-order valence-electron chi connectivity index (χ0n) is 23.4. The predicted molar refractivity (Wildman–Crippen MR) is 150 cm³/mol. The van der Waals surface area contributed by atoms with Crippen LogP contribution in [0.5, 0.6) is 5.75 Å². The fraction of sp³-hybridized carbons (Fsp3) is 0.355. The van der Waals surface area contributed by atoms with Gasteiger partial charge in [0.15, 0.2) is 0 Å². The van der Waals surface area contributed by atoms with E-state index in [1.165, 1.54) is 6.07 Å². The highest BCUT2D eigenvalue weighted by atomic mass is 19.4. The smallest absolute Gasteiger partial charge is 0.430 e. The summed E-state index contributed by atoms with van der Waals surface area (Å²) < 4.78 is 93.0. The summed E-state index contributed by atoms with van der Waals surface area (Å²) in [5.41, 5.74) is -6.02. The lowest BCUT2D eigenvalue weighted by molar-refractivity contribution is -0.376. The maximum absolute atomic E-state index is 13.9. The van der Waals surface area contributed by atoms with Crippen LogP contribution in [0.25, 0.3) is 16.6 Å². The lowest BCUT2D eigenvalue weighted by atomic mass is 9.92. The Balaban J connectivity index is 1.50. The molecule has 1 fully saturated rings. The van der Waals surface area contributed by atoms with Crippen molar-refractivity contribution < 1.29 is 40.9 Å². The number of nitrogens with zero attached hydrogens (tertiary/aromatic N) is 3. The zero-order chi connectivity index (χ0) is 31.5. The van der Waals surface area contributed by atoms with E-state index in [0.29, 0.717) is 43.2 Å². The van der Waals surface area contributed by atoms with Crippen LogP contribution in [0.1, 0.15) is 23.4 Å². The van der Waals surface area contributed by atoms with Crippen LogP contribution in [0, 0.1) is 0 Å². The highest BCUT2D eigenvalue weighted by Gasteiger charge is 2.71. The summed E-state index contributed by atoms with van der Waals surface area (Å²) in [5.74, 6) is 0.624. The minimum atomic E-state index is -6.04. The van der Waals surface area contributed by atoms with E-state index in [-0.39, 0.29) is 23.3 Å². The molecule has 1 saturated heterocycles. The number of rotatable bonds is 9. The lowest BCUT2D eigenvalue weighted by Crippen LogP contribution is -2.53. The zero-order valence-corrected chi connectivity index (χ0v) is 23.4. The second-order valence-electron chi connectivity index (χ2n) is 10.4. The van der Waals surface area contributed by atoms with Crippen molar-refractivity contribution in [2.45, 2.75) is 30.8 Å². The molecule has 0 atom stereocenters. The molecule has 0 bridgehead atoms. The van der Waals surface area contributed by atoms with Crippen LogP contribution in [-0.2, 0) is 16.8 Å². The maximum atomic E-state index is 13.9. The van der Waals surface area contributed by atoms with Crippen LogP contribution in [0.4, 0.5) is 26.3 Å². The first-order chi connectivity index (χ1) is 20.9. The van der Waals surface area contributed by atoms with Gasteiger partial charge in [0, 0.05) is 31.6 Å². The molecule has 1 N–H and O–H groups in total. The van der Waals surface area contributed by atoms with Crippen molar-refractivity contribution in [2.24, 2.45) is 0 Å². The molecule has 0 unspecified atom stereocenters. The van der Waals surface area contributed by atoms with E-state index in [1.807, 2.05) is 0 Å². The maximum Gasteiger partial charge on any atom is 0.430 e. The van der Waals surface area contributed by atoms with Crippen molar-refractivity contribution in [1.82, 2.24) is 14.5 Å². The molecule has 2 heterocycles. The first-order valence-electron chi connectivity index (χ1n) is 13.9. The molecule has 3 aromatic carbocycles. The third-order valence-corrected chi connectivity index (χ3v) is 7.47. The number of halogens is 6. The summed E-state index contributed by atoms with van der Waals surface area (Å²) in [6, 6.07) is 16.6. The number of fused-ring (bicyclic) bond motifs is 1. The molecule has 5 rings (SSSR count). The molecule has 0 saturated carbocycles. The summed E-state index contributed by atoms with van der Waals surface area (Å²) in [7, 11) is 0. The van der Waals surface area contributed by atoms with Crippen LogP contribution < -0.4 is 10.3 Å². The average molecular weight is 622 g/mol. The highest BCUT2D eigenvalue weighted by molar-refractivity contribution is 5.79. The minimum Gasteiger partial charge on any atom is -0.494 e. The van der Waals surface area contributed by atoms with Crippen LogP contribution >= 0.6 is 0 Å². The topological polar surface area (TPSA) is 76.8 Å². The normalized spacial score (nSPS) is 15.1. The first-order valence-corrected chi connectivity index (χ1v) is 13.9. The van der Waals surface area contributed by atoms with E-state index < -0.39 is 29.1 Å². The van der Waals surface area contributed by atoms with Crippen molar-refractivity contribution in [3.8, 4) is 11.4 Å². The summed E-state index contributed by atoms with van der Waals surface area (Å²) in [6.07, 6.45) is -11.2. The number of ether oxygens (including phenoxy) is 2. The van der Waals surface area contributed by atoms with Crippen LogP contribution in [-0.4, -0.2) is 71.4 Å². The van der Waals surface area contributed by atoms with Crippen LogP contribution in [0.2, 0.25) is 0 Å². The first kappa shape index (κ1) is 31.5. The second-order valence-corrected chi connectivity index (χ2v) is 10.4. The summed E-state index contributed by atoms with van der Waals surface area (Å²) >= 11 is 0. The largest absolute Gasteiger partial charge is 0.494 e. The van der Waals surface area contributed by atoms with Gasteiger partial charge in [0.1, 0.15) is 11.6 Å². The highest BCUT2D eigenvalue weighted by Crippen LogP contribution is 2.50. The van der Waals surface area contributed by atoms with E-state index in [0.717, 1.165) is 48.3 Å². The van der Waals surface area contributed by atoms with Gasteiger partial charge in [-0.15, -0.1) is 0 Å². The van der Waals surface area contributed by atoms with E-state index in [1.54, 1.807) is 42.5 Å². The molecule has 4 aromatic rings. The monoisotopic (exact) mass is 621 g/mol. The van der Waals surface area contributed by atoms with Gasteiger partial charge < -0.3 is 14.6 Å². The average Bonchev–Trinajstić information content (AvgIpc) is 2.99. The summed E-state index contributed by atoms with van der Waals surface area (Å²) in [5, 5.41) is 9.95. The predicted octanol–water partition coefficient (Wildman–Crippen LogP) is 5.39. The Morgan fingerprint density at radius 3 is 2.18 bits per heavy atom. The quantitative estimate of drug-likeness (QED) is 0.200. The SMILES string of the molecule is O=c1c2cc(OCCCN3CCOCC3)ccc2nc(Cc2ccccc2)n1-c1ccc(C(O)(C(F)(F)F)C(F)(F)F)cc1. The summed E-state index contributed by atoms with van der Waals surface area (Å²) in [6.45, 7) is 4.27. The number of aromatic nitrogens is 2. The lowest BCUT2D eigenvalue weighted by Gasteiger charge is -2.32. The molecule has 7 nitrogen and oxygen atoms in total. The Labute approximate surface area is 248 Å². The van der Waals surface area contributed by atoms with Crippen molar-refractivity contribution in [2.75, 3.05) is 39.5 Å². The molecule has 1 aromatic heterocycles. The third kappa shape index (κ3) is 6.44. The van der Waals surface area contributed by atoms with Crippen molar-refractivity contribution in [3.63, 3.8) is 0 Å². The fourth-order valence-corrected chi connectivity index (χ4v) is 5.11. The Kier molecular flexibility index (Phi) is 9.00. The van der Waals surface area contributed by atoms with E-state index in [4.69, 9.17) is 9.47 Å². The Bertz CT molecular complexity index is 1620. The molecule has 0 amide bonds. The third-order valence-electron chi connectivity index (χ3n) is 7.47. The van der Waals surface area contributed by atoms with Gasteiger partial charge in [-0.25, -0.2) is 4.98 Å². The molecule has 1 aliphatic heterocycles. The molecule has 44 heavy (non-hydrogen) atoms. The molecule has 234 valence electrons. The second kappa shape index (κ2) is 12.6.